The van der Waals surface area contributed by atoms with Crippen LogP contribution in [0.2, 0.25) is 0 Å². The molecule has 2 nitrogen and oxygen atoms in total. The van der Waals surface area contributed by atoms with Crippen molar-refractivity contribution in [2.45, 2.75) is 46.0 Å². The van der Waals surface area contributed by atoms with Crippen LogP contribution in [0.25, 0.3) is 0 Å². The van der Waals surface area contributed by atoms with Gasteiger partial charge in [-0.05, 0) is 12.5 Å². The summed E-state index contributed by atoms with van der Waals surface area (Å²) in [5.41, 5.74) is 1.74. The van der Waals surface area contributed by atoms with Gasteiger partial charge in [0.25, 0.3) is 0 Å². The van der Waals surface area contributed by atoms with E-state index in [0.717, 1.165) is 11.1 Å². The van der Waals surface area contributed by atoms with Crippen molar-refractivity contribution < 1.29 is 17.9 Å². The van der Waals surface area contributed by atoms with Crippen molar-refractivity contribution in [3.05, 3.63) is 29.3 Å². The number of hydrogen-bond acceptors (Lipinski definition) is 2. The molecular formula is C14H20F3NO. The zero-order chi connectivity index (χ0) is 14.5. The van der Waals surface area contributed by atoms with Crippen molar-refractivity contribution in [1.29, 1.82) is 0 Å². The van der Waals surface area contributed by atoms with Gasteiger partial charge in [0, 0.05) is 18.2 Å². The van der Waals surface area contributed by atoms with Crippen molar-refractivity contribution in [3.63, 3.8) is 0 Å². The van der Waals surface area contributed by atoms with Crippen LogP contribution in [0.5, 0.6) is 5.75 Å². The first-order valence-corrected chi connectivity index (χ1v) is 6.31. The second-order valence-electron chi connectivity index (χ2n) is 4.81. The largest absolute Gasteiger partial charge is 0.493 e. The summed E-state index contributed by atoms with van der Waals surface area (Å²) < 4.78 is 41.7. The lowest BCUT2D eigenvalue weighted by Crippen LogP contribution is -2.22. The van der Waals surface area contributed by atoms with Gasteiger partial charge in [-0.25, -0.2) is 0 Å². The molecule has 0 radical (unpaired) electrons. The minimum absolute atomic E-state index is 0.309. The highest BCUT2D eigenvalue weighted by Gasteiger charge is 2.27. The molecule has 0 fully saturated rings. The number of ether oxygens (including phenoxy) is 1. The van der Waals surface area contributed by atoms with Crippen molar-refractivity contribution in [3.8, 4) is 5.75 Å². The third kappa shape index (κ3) is 5.96. The predicted molar refractivity (Wildman–Crippen MR) is 69.3 cm³/mol. The lowest BCUT2D eigenvalue weighted by molar-refractivity contribution is -0.139. The molecule has 0 saturated carbocycles. The van der Waals surface area contributed by atoms with E-state index in [1.54, 1.807) is 0 Å². The van der Waals surface area contributed by atoms with Gasteiger partial charge >= 0.3 is 6.18 Å². The first-order chi connectivity index (χ1) is 8.79. The summed E-state index contributed by atoms with van der Waals surface area (Å²) in [7, 11) is 0. The molecule has 1 rings (SSSR count). The Labute approximate surface area is 112 Å². The molecule has 0 bridgehead atoms. The second-order valence-corrected chi connectivity index (χ2v) is 4.81. The molecule has 1 N–H and O–H groups in total. The number of benzene rings is 1. The van der Waals surface area contributed by atoms with Crippen LogP contribution in [0.1, 0.15) is 31.4 Å². The molecule has 0 saturated heterocycles. The third-order valence-electron chi connectivity index (χ3n) is 2.63. The van der Waals surface area contributed by atoms with Crippen LogP contribution in [0.4, 0.5) is 13.2 Å². The molecule has 0 heterocycles. The summed E-state index contributed by atoms with van der Waals surface area (Å²) in [6.45, 7) is 6.10. The summed E-state index contributed by atoms with van der Waals surface area (Å²) >= 11 is 0. The van der Waals surface area contributed by atoms with Crippen molar-refractivity contribution in [2.24, 2.45) is 0 Å². The van der Waals surface area contributed by atoms with Crippen LogP contribution in [0, 0.1) is 6.92 Å². The highest BCUT2D eigenvalue weighted by molar-refractivity contribution is 5.40. The minimum Gasteiger partial charge on any atom is -0.493 e. The maximum atomic E-state index is 12.1. The van der Waals surface area contributed by atoms with E-state index < -0.39 is 12.6 Å². The second kappa shape index (κ2) is 6.80. The quantitative estimate of drug-likeness (QED) is 0.852. The van der Waals surface area contributed by atoms with Gasteiger partial charge in [-0.2, -0.15) is 13.2 Å². The van der Waals surface area contributed by atoms with Crippen LogP contribution in [0.15, 0.2) is 18.2 Å². The Morgan fingerprint density at radius 2 is 1.95 bits per heavy atom. The number of alkyl halides is 3. The molecule has 0 spiro atoms. The van der Waals surface area contributed by atoms with Crippen LogP contribution in [-0.4, -0.2) is 18.8 Å². The van der Waals surface area contributed by atoms with Crippen molar-refractivity contribution >= 4 is 0 Å². The molecule has 19 heavy (non-hydrogen) atoms. The molecule has 0 atom stereocenters. The molecule has 1 aromatic carbocycles. The number of hydrogen-bond donors (Lipinski definition) is 1. The van der Waals surface area contributed by atoms with E-state index in [1.807, 2.05) is 39.0 Å². The normalized spacial score (nSPS) is 11.9. The summed E-state index contributed by atoms with van der Waals surface area (Å²) in [6.07, 6.45) is -5.11. The molecule has 0 aliphatic rings. The van der Waals surface area contributed by atoms with Crippen molar-refractivity contribution in [1.82, 2.24) is 5.32 Å². The maximum absolute atomic E-state index is 12.1. The topological polar surface area (TPSA) is 21.3 Å². The fourth-order valence-electron chi connectivity index (χ4n) is 1.64. The van der Waals surface area contributed by atoms with Gasteiger partial charge in [0.05, 0.1) is 13.0 Å². The Morgan fingerprint density at radius 1 is 1.26 bits per heavy atom. The molecule has 0 unspecified atom stereocenters. The molecule has 0 aromatic heterocycles. The van der Waals surface area contributed by atoms with E-state index in [-0.39, 0.29) is 6.61 Å². The van der Waals surface area contributed by atoms with Gasteiger partial charge in [-0.3, -0.25) is 0 Å². The predicted octanol–water partition coefficient (Wildman–Crippen LogP) is 3.82. The van der Waals surface area contributed by atoms with Gasteiger partial charge in [0.1, 0.15) is 5.75 Å². The van der Waals surface area contributed by atoms with E-state index in [9.17, 15) is 13.2 Å². The van der Waals surface area contributed by atoms with E-state index >= 15 is 0 Å². The molecule has 1 aromatic rings. The Morgan fingerprint density at radius 3 is 2.53 bits per heavy atom. The molecule has 0 aliphatic heterocycles. The Bertz CT molecular complexity index is 402. The first-order valence-electron chi connectivity index (χ1n) is 6.31. The summed E-state index contributed by atoms with van der Waals surface area (Å²) in [5.74, 6) is 0.555. The van der Waals surface area contributed by atoms with Gasteiger partial charge in [-0.1, -0.05) is 32.0 Å². The zero-order valence-corrected chi connectivity index (χ0v) is 11.5. The standard InChI is InChI=1S/C14H20F3NO/c1-10(2)18-9-12-6-4-5-11(3)13(12)19-8-7-14(15,16)17/h4-6,10,18H,7-9H2,1-3H3. The Kier molecular flexibility index (Phi) is 5.66. The number of rotatable bonds is 6. The molecule has 5 heteroatoms. The van der Waals surface area contributed by atoms with Gasteiger partial charge in [0.2, 0.25) is 0 Å². The zero-order valence-electron chi connectivity index (χ0n) is 11.5. The third-order valence-corrected chi connectivity index (χ3v) is 2.63. The summed E-state index contributed by atoms with van der Waals surface area (Å²) in [6, 6.07) is 5.89. The average molecular weight is 275 g/mol. The minimum atomic E-state index is -4.18. The highest BCUT2D eigenvalue weighted by Crippen LogP contribution is 2.25. The lowest BCUT2D eigenvalue weighted by Gasteiger charge is -2.16. The van der Waals surface area contributed by atoms with E-state index in [0.29, 0.717) is 18.3 Å². The summed E-state index contributed by atoms with van der Waals surface area (Å²) in [4.78, 5) is 0. The number of halogens is 3. The molecule has 0 aliphatic carbocycles. The number of nitrogens with one attached hydrogen (secondary N) is 1. The first kappa shape index (κ1) is 15.8. The highest BCUT2D eigenvalue weighted by atomic mass is 19.4. The van der Waals surface area contributed by atoms with Crippen LogP contribution < -0.4 is 10.1 Å². The van der Waals surface area contributed by atoms with Gasteiger partial charge in [0.15, 0.2) is 0 Å². The van der Waals surface area contributed by atoms with Crippen LogP contribution in [-0.2, 0) is 6.54 Å². The van der Waals surface area contributed by atoms with Crippen LogP contribution >= 0.6 is 0 Å². The van der Waals surface area contributed by atoms with Crippen molar-refractivity contribution in [2.75, 3.05) is 6.61 Å². The lowest BCUT2D eigenvalue weighted by atomic mass is 10.1. The van der Waals surface area contributed by atoms with E-state index in [4.69, 9.17) is 4.74 Å². The number of para-hydroxylation sites is 1. The molecule has 108 valence electrons. The van der Waals surface area contributed by atoms with Gasteiger partial charge < -0.3 is 10.1 Å². The molecule has 0 amide bonds. The van der Waals surface area contributed by atoms with E-state index in [1.165, 1.54) is 0 Å². The number of aryl methyl sites for hydroxylation is 1. The average Bonchev–Trinajstić information content (AvgIpc) is 2.27. The molecular weight excluding hydrogens is 255 g/mol. The van der Waals surface area contributed by atoms with Crippen LogP contribution in [0.3, 0.4) is 0 Å². The SMILES string of the molecule is Cc1cccc(CNC(C)C)c1OCCC(F)(F)F. The van der Waals surface area contributed by atoms with E-state index in [2.05, 4.69) is 5.32 Å². The summed E-state index contributed by atoms with van der Waals surface area (Å²) in [5, 5.41) is 3.23. The Hall–Kier alpha value is -1.23. The fraction of sp³-hybridized carbons (Fsp3) is 0.571. The fourth-order valence-corrected chi connectivity index (χ4v) is 1.64. The maximum Gasteiger partial charge on any atom is 0.392 e. The Balaban J connectivity index is 2.69. The monoisotopic (exact) mass is 275 g/mol. The van der Waals surface area contributed by atoms with Gasteiger partial charge in [-0.15, -0.1) is 0 Å². The smallest absolute Gasteiger partial charge is 0.392 e.